The lowest BCUT2D eigenvalue weighted by Crippen LogP contribution is -2.47. The van der Waals surface area contributed by atoms with E-state index in [0.29, 0.717) is 37.4 Å². The van der Waals surface area contributed by atoms with Crippen LogP contribution in [0.3, 0.4) is 0 Å². The summed E-state index contributed by atoms with van der Waals surface area (Å²) in [6.45, 7) is 7.29. The summed E-state index contributed by atoms with van der Waals surface area (Å²) in [5.74, 6) is -0.0930. The number of piperidine rings is 1. The van der Waals surface area contributed by atoms with Gasteiger partial charge in [-0.05, 0) is 43.5 Å². The molecule has 1 aromatic rings. The number of carbonyl (C=O) groups is 2. The van der Waals surface area contributed by atoms with Crippen molar-refractivity contribution in [1.29, 1.82) is 0 Å². The average molecular weight is 408 g/mol. The smallest absolute Gasteiger partial charge is 0.235 e. The summed E-state index contributed by atoms with van der Waals surface area (Å²) in [5.41, 5.74) is 0.795. The number of nitrogens with one attached hydrogen (secondary N) is 1. The van der Waals surface area contributed by atoms with Crippen LogP contribution < -0.4 is 9.62 Å². The van der Waals surface area contributed by atoms with E-state index in [1.165, 1.54) is 4.31 Å². The van der Waals surface area contributed by atoms with Crippen LogP contribution in [0.1, 0.15) is 40.0 Å². The third-order valence-electron chi connectivity index (χ3n) is 5.24. The predicted octanol–water partition coefficient (Wildman–Crippen LogP) is 2.45. The van der Waals surface area contributed by atoms with Crippen LogP contribution in [-0.4, -0.2) is 50.5 Å². The summed E-state index contributed by atoms with van der Waals surface area (Å²) in [6.07, 6.45) is 2.20. The second kappa shape index (κ2) is 7.73. The van der Waals surface area contributed by atoms with E-state index in [1.54, 1.807) is 29.2 Å². The molecule has 0 radical (unpaired) electrons. The Kier molecular flexibility index (Phi) is 5.70. The quantitative estimate of drug-likeness (QED) is 0.834. The van der Waals surface area contributed by atoms with Crippen molar-refractivity contribution in [3.63, 3.8) is 0 Å². The van der Waals surface area contributed by atoms with Crippen LogP contribution in [-0.2, 0) is 19.6 Å². The molecule has 1 aromatic carbocycles. The Morgan fingerprint density at radius 2 is 1.75 bits per heavy atom. The molecule has 1 N–H and O–H groups in total. The number of likely N-dealkylation sites (tertiary alicyclic amines) is 1. The highest BCUT2D eigenvalue weighted by Gasteiger charge is 2.33. The van der Waals surface area contributed by atoms with Gasteiger partial charge in [-0.15, -0.1) is 0 Å². The lowest BCUT2D eigenvalue weighted by molar-refractivity contribution is -0.142. The zero-order chi connectivity index (χ0) is 20.5. The minimum absolute atomic E-state index is 0.0705. The van der Waals surface area contributed by atoms with Gasteiger partial charge in [-0.1, -0.05) is 20.8 Å². The first-order chi connectivity index (χ1) is 13.1. The van der Waals surface area contributed by atoms with Gasteiger partial charge >= 0.3 is 0 Å². The summed E-state index contributed by atoms with van der Waals surface area (Å²) in [5, 5.41) is 2.90. The first-order valence-electron chi connectivity index (χ1n) is 9.79. The average Bonchev–Trinajstić information content (AvgIpc) is 3.00. The van der Waals surface area contributed by atoms with Crippen LogP contribution in [0.2, 0.25) is 0 Å². The summed E-state index contributed by atoms with van der Waals surface area (Å²) < 4.78 is 25.4. The molecular formula is C20H29N3O4S. The van der Waals surface area contributed by atoms with Crippen LogP contribution in [0.15, 0.2) is 24.3 Å². The standard InChI is InChI=1S/C20H29N3O4S/c1-20(2,3)19(25)22-11-4-6-15(14-22)18(24)21-16-7-9-17(10-8-16)23-12-5-13-28(23,26)27/h7-10,15H,4-6,11-14H2,1-3H3,(H,21,24). The van der Waals surface area contributed by atoms with Crippen molar-refractivity contribution >= 4 is 33.2 Å². The van der Waals surface area contributed by atoms with Gasteiger partial charge in [-0.25, -0.2) is 8.42 Å². The van der Waals surface area contributed by atoms with Crippen LogP contribution in [0.5, 0.6) is 0 Å². The highest BCUT2D eigenvalue weighted by Crippen LogP contribution is 2.27. The maximum Gasteiger partial charge on any atom is 0.235 e. The largest absolute Gasteiger partial charge is 0.341 e. The molecule has 0 bridgehead atoms. The summed E-state index contributed by atoms with van der Waals surface area (Å²) in [6, 6.07) is 6.88. The second-order valence-corrected chi connectivity index (χ2v) is 10.6. The van der Waals surface area contributed by atoms with Gasteiger partial charge in [0.1, 0.15) is 0 Å². The Bertz CT molecular complexity index is 843. The molecule has 2 heterocycles. The van der Waals surface area contributed by atoms with Crippen LogP contribution in [0, 0.1) is 11.3 Å². The van der Waals surface area contributed by atoms with Crippen molar-refractivity contribution in [2.24, 2.45) is 11.3 Å². The molecule has 0 aliphatic carbocycles. The normalized spacial score (nSPS) is 22.2. The molecule has 2 amide bonds. The van der Waals surface area contributed by atoms with Gasteiger partial charge in [-0.3, -0.25) is 13.9 Å². The van der Waals surface area contributed by atoms with E-state index in [4.69, 9.17) is 0 Å². The summed E-state index contributed by atoms with van der Waals surface area (Å²) >= 11 is 0. The first kappa shape index (κ1) is 20.6. The Morgan fingerprint density at radius 1 is 1.07 bits per heavy atom. The van der Waals surface area contributed by atoms with Gasteiger partial charge in [-0.2, -0.15) is 0 Å². The molecule has 2 saturated heterocycles. The maximum absolute atomic E-state index is 12.7. The molecule has 2 aliphatic heterocycles. The number of rotatable bonds is 3. The minimum Gasteiger partial charge on any atom is -0.341 e. The molecule has 0 saturated carbocycles. The van der Waals surface area contributed by atoms with E-state index in [9.17, 15) is 18.0 Å². The topological polar surface area (TPSA) is 86.8 Å². The van der Waals surface area contributed by atoms with E-state index < -0.39 is 15.4 Å². The molecule has 1 atom stereocenters. The molecule has 0 aromatic heterocycles. The highest BCUT2D eigenvalue weighted by molar-refractivity contribution is 7.93. The molecule has 28 heavy (non-hydrogen) atoms. The van der Waals surface area contributed by atoms with Gasteiger partial charge in [0.15, 0.2) is 0 Å². The van der Waals surface area contributed by atoms with E-state index >= 15 is 0 Å². The Balaban J connectivity index is 1.62. The van der Waals surface area contributed by atoms with Gasteiger partial charge < -0.3 is 10.2 Å². The lowest BCUT2D eigenvalue weighted by atomic mass is 9.91. The summed E-state index contributed by atoms with van der Waals surface area (Å²) in [7, 11) is -3.21. The number of nitrogens with zero attached hydrogens (tertiary/aromatic N) is 2. The SMILES string of the molecule is CC(C)(C)C(=O)N1CCCC(C(=O)Nc2ccc(N3CCCS3(=O)=O)cc2)C1. The van der Waals surface area contributed by atoms with Crippen molar-refractivity contribution in [1.82, 2.24) is 4.90 Å². The van der Waals surface area contributed by atoms with Crippen molar-refractivity contribution in [3.05, 3.63) is 24.3 Å². The number of amides is 2. The molecule has 0 spiro atoms. The van der Waals surface area contributed by atoms with E-state index in [1.807, 2.05) is 20.8 Å². The molecule has 3 rings (SSSR count). The Morgan fingerprint density at radius 3 is 2.32 bits per heavy atom. The van der Waals surface area contributed by atoms with Crippen LogP contribution in [0.25, 0.3) is 0 Å². The van der Waals surface area contributed by atoms with E-state index in [2.05, 4.69) is 5.32 Å². The van der Waals surface area contributed by atoms with Crippen molar-refractivity contribution in [3.8, 4) is 0 Å². The van der Waals surface area contributed by atoms with Crippen molar-refractivity contribution < 1.29 is 18.0 Å². The Hall–Kier alpha value is -2.09. The fourth-order valence-electron chi connectivity index (χ4n) is 3.73. The number of carbonyl (C=O) groups excluding carboxylic acids is 2. The van der Waals surface area contributed by atoms with Crippen LogP contribution >= 0.6 is 0 Å². The summed E-state index contributed by atoms with van der Waals surface area (Å²) in [4.78, 5) is 27.0. The molecular weight excluding hydrogens is 378 g/mol. The predicted molar refractivity (Wildman–Crippen MR) is 110 cm³/mol. The van der Waals surface area contributed by atoms with E-state index in [0.717, 1.165) is 12.8 Å². The lowest BCUT2D eigenvalue weighted by Gasteiger charge is -2.35. The highest BCUT2D eigenvalue weighted by atomic mass is 32.2. The van der Waals surface area contributed by atoms with Gasteiger partial charge in [0.25, 0.3) is 0 Å². The fourth-order valence-corrected chi connectivity index (χ4v) is 5.30. The first-order valence-corrected chi connectivity index (χ1v) is 11.4. The molecule has 154 valence electrons. The number of sulfonamides is 1. The van der Waals surface area contributed by atoms with Crippen molar-refractivity contribution in [2.75, 3.05) is 35.0 Å². The number of hydrogen-bond donors (Lipinski definition) is 1. The van der Waals surface area contributed by atoms with Gasteiger partial charge in [0.05, 0.1) is 17.4 Å². The molecule has 7 nitrogen and oxygen atoms in total. The van der Waals surface area contributed by atoms with Crippen molar-refractivity contribution in [2.45, 2.75) is 40.0 Å². The number of anilines is 2. The third-order valence-corrected chi connectivity index (χ3v) is 7.11. The molecule has 8 heteroatoms. The molecule has 2 fully saturated rings. The molecule has 1 unspecified atom stereocenters. The Labute approximate surface area is 167 Å². The van der Waals surface area contributed by atoms with Crippen LogP contribution in [0.4, 0.5) is 11.4 Å². The second-order valence-electron chi connectivity index (χ2n) is 8.62. The number of hydrogen-bond acceptors (Lipinski definition) is 4. The van der Waals surface area contributed by atoms with Gasteiger partial charge in [0.2, 0.25) is 21.8 Å². The molecule has 2 aliphatic rings. The van der Waals surface area contributed by atoms with E-state index in [-0.39, 0.29) is 23.5 Å². The zero-order valence-corrected chi connectivity index (χ0v) is 17.6. The zero-order valence-electron chi connectivity index (χ0n) is 16.8. The minimum atomic E-state index is -3.21. The fraction of sp³-hybridized carbons (Fsp3) is 0.600. The van der Waals surface area contributed by atoms with Gasteiger partial charge in [0, 0.05) is 30.7 Å². The monoisotopic (exact) mass is 407 g/mol. The number of benzene rings is 1. The third kappa shape index (κ3) is 4.48. The maximum atomic E-state index is 12.7.